The molecule has 2 aromatic rings. The fourth-order valence-corrected chi connectivity index (χ4v) is 3.33. The number of hydrogen-bond donors (Lipinski definition) is 2. The summed E-state index contributed by atoms with van der Waals surface area (Å²) in [6.07, 6.45) is 0. The number of para-hydroxylation sites is 1. The number of benzene rings is 2. The fraction of sp³-hybridized carbons (Fsp3) is 0.263. The van der Waals surface area contributed by atoms with Crippen LogP contribution < -0.4 is 10.0 Å². The third kappa shape index (κ3) is 6.19. The Balaban J connectivity index is 2.16. The van der Waals surface area contributed by atoms with Crippen LogP contribution in [0.5, 0.6) is 0 Å². The van der Waals surface area contributed by atoms with Gasteiger partial charge in [-0.2, -0.15) is 4.72 Å². The van der Waals surface area contributed by atoms with Gasteiger partial charge in [-0.25, -0.2) is 8.42 Å². The first-order chi connectivity index (χ1) is 12.6. The van der Waals surface area contributed by atoms with E-state index in [9.17, 15) is 18.0 Å². The van der Waals surface area contributed by atoms with Crippen LogP contribution in [0.4, 0.5) is 5.69 Å². The van der Waals surface area contributed by atoms with Crippen molar-refractivity contribution < 1.29 is 22.7 Å². The van der Waals surface area contributed by atoms with Gasteiger partial charge in [-0.15, -0.1) is 0 Å². The van der Waals surface area contributed by atoms with Crippen molar-refractivity contribution in [1.82, 2.24) is 4.72 Å². The van der Waals surface area contributed by atoms with Gasteiger partial charge in [0, 0.05) is 5.56 Å². The highest BCUT2D eigenvalue weighted by atomic mass is 32.2. The van der Waals surface area contributed by atoms with Crippen LogP contribution in [0.3, 0.4) is 0 Å². The van der Waals surface area contributed by atoms with Crippen LogP contribution in [0.15, 0.2) is 59.5 Å². The Hall–Kier alpha value is -2.71. The Kier molecular flexibility index (Phi) is 6.35. The maximum absolute atomic E-state index is 12.6. The zero-order valence-corrected chi connectivity index (χ0v) is 16.2. The standard InChI is InChI=1S/C19H22N2O5S/c1-19(2,3)26-17(22)13-20-27(24,25)16-12-8-7-11-15(16)21-18(23)14-9-5-4-6-10-14/h4-12,20H,13H2,1-3H3,(H,21,23). The molecule has 0 fully saturated rings. The lowest BCUT2D eigenvalue weighted by molar-refractivity contribution is -0.153. The Morgan fingerprint density at radius 1 is 0.963 bits per heavy atom. The summed E-state index contributed by atoms with van der Waals surface area (Å²) in [6, 6.07) is 14.4. The third-order valence-corrected chi connectivity index (χ3v) is 4.75. The molecule has 0 aliphatic carbocycles. The lowest BCUT2D eigenvalue weighted by Crippen LogP contribution is -2.35. The van der Waals surface area contributed by atoms with E-state index in [1.165, 1.54) is 18.2 Å². The molecule has 8 heteroatoms. The molecule has 0 saturated heterocycles. The van der Waals surface area contributed by atoms with Gasteiger partial charge in [0.15, 0.2) is 0 Å². The van der Waals surface area contributed by atoms with Crippen molar-refractivity contribution >= 4 is 27.6 Å². The largest absolute Gasteiger partial charge is 0.459 e. The molecule has 2 N–H and O–H groups in total. The molecule has 144 valence electrons. The first kappa shape index (κ1) is 20.6. The number of carbonyl (C=O) groups excluding carboxylic acids is 2. The van der Waals surface area contributed by atoms with Crippen molar-refractivity contribution in [2.24, 2.45) is 0 Å². The van der Waals surface area contributed by atoms with E-state index in [0.29, 0.717) is 5.56 Å². The monoisotopic (exact) mass is 390 g/mol. The fourth-order valence-electron chi connectivity index (χ4n) is 2.20. The highest BCUT2D eigenvalue weighted by Crippen LogP contribution is 2.21. The Morgan fingerprint density at radius 3 is 2.19 bits per heavy atom. The van der Waals surface area contributed by atoms with Crippen LogP contribution in [-0.4, -0.2) is 32.4 Å². The average molecular weight is 390 g/mol. The molecular weight excluding hydrogens is 368 g/mol. The van der Waals surface area contributed by atoms with E-state index >= 15 is 0 Å². The van der Waals surface area contributed by atoms with Crippen LogP contribution in [-0.2, 0) is 19.6 Å². The second-order valence-corrected chi connectivity index (χ2v) is 8.46. The molecule has 1 amide bonds. The second kappa shape index (κ2) is 8.32. The second-order valence-electron chi connectivity index (χ2n) is 6.73. The lowest BCUT2D eigenvalue weighted by Gasteiger charge is -2.19. The van der Waals surface area contributed by atoms with Crippen molar-refractivity contribution in [2.75, 3.05) is 11.9 Å². The zero-order chi connectivity index (χ0) is 20.1. The van der Waals surface area contributed by atoms with Crippen molar-refractivity contribution in [3.63, 3.8) is 0 Å². The summed E-state index contributed by atoms with van der Waals surface area (Å²) in [5.41, 5.74) is -0.209. The molecule has 0 unspecified atom stereocenters. The number of ether oxygens (including phenoxy) is 1. The summed E-state index contributed by atoms with van der Waals surface area (Å²) >= 11 is 0. The third-order valence-electron chi connectivity index (χ3n) is 3.29. The smallest absolute Gasteiger partial charge is 0.321 e. The number of esters is 1. The molecule has 0 aromatic heterocycles. The summed E-state index contributed by atoms with van der Waals surface area (Å²) < 4.78 is 32.4. The topological polar surface area (TPSA) is 102 Å². The van der Waals surface area contributed by atoms with Crippen molar-refractivity contribution in [2.45, 2.75) is 31.3 Å². The van der Waals surface area contributed by atoms with Gasteiger partial charge in [0.2, 0.25) is 10.0 Å². The summed E-state index contributed by atoms with van der Waals surface area (Å²) in [5, 5.41) is 2.58. The predicted octanol–water partition coefficient (Wildman–Crippen LogP) is 2.56. The number of carbonyl (C=O) groups is 2. The maximum Gasteiger partial charge on any atom is 0.321 e. The van der Waals surface area contributed by atoms with E-state index < -0.39 is 34.0 Å². The van der Waals surface area contributed by atoms with Gasteiger partial charge >= 0.3 is 5.97 Å². The summed E-state index contributed by atoms with van der Waals surface area (Å²) in [4.78, 5) is 23.9. The van der Waals surface area contributed by atoms with Gasteiger partial charge < -0.3 is 10.1 Å². The van der Waals surface area contributed by atoms with Crippen molar-refractivity contribution in [1.29, 1.82) is 0 Å². The Morgan fingerprint density at radius 2 is 1.56 bits per heavy atom. The first-order valence-electron chi connectivity index (χ1n) is 8.25. The minimum absolute atomic E-state index is 0.114. The minimum atomic E-state index is -4.03. The van der Waals surface area contributed by atoms with E-state index in [1.54, 1.807) is 57.2 Å². The molecule has 0 aliphatic rings. The molecular formula is C19H22N2O5S. The van der Waals surface area contributed by atoms with Crippen molar-refractivity contribution in [3.8, 4) is 0 Å². The van der Waals surface area contributed by atoms with E-state index in [2.05, 4.69) is 10.0 Å². The summed E-state index contributed by atoms with van der Waals surface area (Å²) in [5.74, 6) is -1.14. The Labute approximate surface area is 158 Å². The first-order valence-corrected chi connectivity index (χ1v) is 9.74. The van der Waals surface area contributed by atoms with Gasteiger partial charge in [0.1, 0.15) is 17.0 Å². The molecule has 0 bridgehead atoms. The summed E-state index contributed by atoms with van der Waals surface area (Å²) in [6.45, 7) is 4.55. The van der Waals surface area contributed by atoms with Crippen LogP contribution in [0, 0.1) is 0 Å². The molecule has 2 aromatic carbocycles. The quantitative estimate of drug-likeness (QED) is 0.738. The van der Waals surface area contributed by atoms with Crippen LogP contribution in [0.1, 0.15) is 31.1 Å². The van der Waals surface area contributed by atoms with E-state index in [-0.39, 0.29) is 10.6 Å². The van der Waals surface area contributed by atoms with E-state index in [1.807, 2.05) is 0 Å². The SMILES string of the molecule is CC(C)(C)OC(=O)CNS(=O)(=O)c1ccccc1NC(=O)c1ccccc1. The number of anilines is 1. The molecule has 0 radical (unpaired) electrons. The summed E-state index contributed by atoms with van der Waals surface area (Å²) in [7, 11) is -4.03. The van der Waals surface area contributed by atoms with Gasteiger partial charge in [-0.1, -0.05) is 30.3 Å². The van der Waals surface area contributed by atoms with Gasteiger partial charge in [-0.3, -0.25) is 9.59 Å². The highest BCUT2D eigenvalue weighted by molar-refractivity contribution is 7.89. The molecule has 0 spiro atoms. The van der Waals surface area contributed by atoms with Crippen LogP contribution in [0.25, 0.3) is 0 Å². The number of rotatable bonds is 6. The Bertz CT molecular complexity index is 919. The molecule has 0 saturated carbocycles. The number of hydrogen-bond acceptors (Lipinski definition) is 5. The van der Waals surface area contributed by atoms with Crippen LogP contribution >= 0.6 is 0 Å². The molecule has 2 rings (SSSR count). The molecule has 7 nitrogen and oxygen atoms in total. The number of amides is 1. The van der Waals surface area contributed by atoms with Crippen molar-refractivity contribution in [3.05, 3.63) is 60.2 Å². The van der Waals surface area contributed by atoms with Gasteiger partial charge in [0.05, 0.1) is 5.69 Å². The highest BCUT2D eigenvalue weighted by Gasteiger charge is 2.23. The van der Waals surface area contributed by atoms with E-state index in [4.69, 9.17) is 4.74 Å². The predicted molar refractivity (Wildman–Crippen MR) is 102 cm³/mol. The minimum Gasteiger partial charge on any atom is -0.459 e. The van der Waals surface area contributed by atoms with Crippen LogP contribution in [0.2, 0.25) is 0 Å². The lowest BCUT2D eigenvalue weighted by atomic mass is 10.2. The van der Waals surface area contributed by atoms with Gasteiger partial charge in [0.25, 0.3) is 5.91 Å². The molecule has 27 heavy (non-hydrogen) atoms. The average Bonchev–Trinajstić information content (AvgIpc) is 2.60. The maximum atomic E-state index is 12.6. The number of sulfonamides is 1. The molecule has 0 heterocycles. The molecule has 0 atom stereocenters. The van der Waals surface area contributed by atoms with E-state index in [0.717, 1.165) is 0 Å². The number of nitrogens with one attached hydrogen (secondary N) is 2. The van der Waals surface area contributed by atoms with Gasteiger partial charge in [-0.05, 0) is 45.0 Å². The molecule has 0 aliphatic heterocycles. The zero-order valence-electron chi connectivity index (χ0n) is 15.4. The normalized spacial score (nSPS) is 11.7.